The van der Waals surface area contributed by atoms with Crippen LogP contribution in [0.3, 0.4) is 0 Å². The molecule has 4 nitrogen and oxygen atoms in total. The van der Waals surface area contributed by atoms with E-state index in [1.165, 1.54) is 360 Å². The van der Waals surface area contributed by atoms with Crippen molar-refractivity contribution in [1.82, 2.24) is 21.3 Å². The van der Waals surface area contributed by atoms with Gasteiger partial charge in [-0.1, -0.05) is 325 Å². The van der Waals surface area contributed by atoms with Crippen molar-refractivity contribution in [2.45, 2.75) is 387 Å². The summed E-state index contributed by atoms with van der Waals surface area (Å²) in [5, 5.41) is 12.1. The van der Waals surface area contributed by atoms with Gasteiger partial charge < -0.3 is 121 Å². The van der Waals surface area contributed by atoms with E-state index in [9.17, 15) is 0 Å². The molecule has 0 aliphatic heterocycles. The Balaban J connectivity index is -0.000000351. The molecule has 0 rings (SSSR count). The zero-order valence-corrected chi connectivity index (χ0v) is 67.3. The average molecular weight is 1470 g/mol. The second kappa shape index (κ2) is 94.5. The molecule has 89 heavy (non-hydrogen) atoms. The Kier molecular flexibility index (Phi) is 104. The molecule has 0 saturated carbocycles. The summed E-state index contributed by atoms with van der Waals surface area (Å²) in [5.74, 6) is 0. The summed E-state index contributed by atoms with van der Waals surface area (Å²) in [5.41, 5.74) is 0. The molecule has 13 heteroatoms. The van der Waals surface area contributed by atoms with E-state index in [0.29, 0.717) is 17.3 Å². The predicted octanol–water partition coefficient (Wildman–Crippen LogP) is 25.8. The molecule has 0 fully saturated rings. The Hall–Kier alpha value is 0.0883. The van der Waals surface area contributed by atoms with Crippen LogP contribution < -0.4 is 21.3 Å². The van der Waals surface area contributed by atoms with Gasteiger partial charge in [0.2, 0.25) is 0 Å². The van der Waals surface area contributed by atoms with Gasteiger partial charge >= 0.3 is 21.1 Å². The fraction of sp³-hybridized carbons (Fsp3) is 0.842. The maximum atomic E-state index is 4.80. The third-order valence-corrected chi connectivity index (χ3v) is 17.0. The quantitative estimate of drug-likeness (QED) is 0.0154. The van der Waals surface area contributed by atoms with E-state index in [-0.39, 0.29) is 21.1 Å². The molecular weight excluding hydrogens is 1320 g/mol. The molecule has 0 radical (unpaired) electrons. The van der Waals surface area contributed by atoms with Crippen LogP contribution >= 0.6 is 48.9 Å². The molecule has 0 atom stereocenters. The van der Waals surface area contributed by atoms with Gasteiger partial charge in [-0.05, 0) is 128 Å². The Morgan fingerprint density at radius 1 is 0.202 bits per heavy atom. The normalized spacial score (nSPS) is 11.0. The van der Waals surface area contributed by atoms with Crippen LogP contribution in [0.15, 0.2) is 48.6 Å². The molecule has 0 bridgehead atoms. The number of allylic oxidation sites excluding steroid dienone is 8. The molecule has 0 saturated heterocycles. The van der Waals surface area contributed by atoms with E-state index in [1.54, 1.807) is 0 Å². The van der Waals surface area contributed by atoms with E-state index in [2.05, 4.69) is 97.6 Å². The fourth-order valence-corrected chi connectivity index (χ4v) is 11.1. The number of thiocarbonyl (C=S) groups is 4. The van der Waals surface area contributed by atoms with Crippen molar-refractivity contribution in [2.24, 2.45) is 0 Å². The van der Waals surface area contributed by atoms with Crippen molar-refractivity contribution in [3.05, 3.63) is 48.6 Å². The molecular formula is C76H144MoN4S8. The van der Waals surface area contributed by atoms with Gasteiger partial charge in [0.05, 0.1) is 0 Å². The van der Waals surface area contributed by atoms with Gasteiger partial charge in [-0.3, -0.25) is 0 Å². The van der Waals surface area contributed by atoms with E-state index in [0.717, 1.165) is 26.2 Å². The van der Waals surface area contributed by atoms with Crippen LogP contribution in [0.5, 0.6) is 0 Å². The molecule has 0 spiro atoms. The maximum Gasteiger partial charge on any atom is 4.00 e. The third kappa shape index (κ3) is 113. The van der Waals surface area contributed by atoms with Crippen molar-refractivity contribution in [3.8, 4) is 0 Å². The number of rotatable bonds is 64. The summed E-state index contributed by atoms with van der Waals surface area (Å²) < 4.78 is 2.03. The first-order valence-corrected chi connectivity index (χ1v) is 40.7. The SMILES string of the molecule is CCCCCCCC/C=C\CCCCCCCCNC(=S)[S-].CCCCCCCC/C=C\CCCCCCCCNC(=S)[S-].CCCCCCCC/C=C\CCCCCCCCNC(=S)[S-].CCCCCCCC/C=C\CCCCCCCCNC(=S)[S-].[Mo+4]. The van der Waals surface area contributed by atoms with Crippen LogP contribution in [-0.2, 0) is 71.6 Å². The summed E-state index contributed by atoms with van der Waals surface area (Å²) >= 11 is 38.4. The fourth-order valence-electron chi connectivity index (χ4n) is 10.3. The summed E-state index contributed by atoms with van der Waals surface area (Å²) in [4.78, 5) is 0. The Morgan fingerprint density at radius 3 is 0.438 bits per heavy atom. The van der Waals surface area contributed by atoms with E-state index in [1.807, 2.05) is 0 Å². The molecule has 0 unspecified atom stereocenters. The maximum absolute atomic E-state index is 4.80. The van der Waals surface area contributed by atoms with Gasteiger partial charge in [-0.15, -0.1) is 0 Å². The monoisotopic (exact) mass is 1470 g/mol. The van der Waals surface area contributed by atoms with Crippen LogP contribution in [0.25, 0.3) is 0 Å². The first-order chi connectivity index (χ1) is 43.1. The smallest absolute Gasteiger partial charge is 0.412 e. The minimum atomic E-state index is 0. The van der Waals surface area contributed by atoms with Crippen molar-refractivity contribution in [3.63, 3.8) is 0 Å². The van der Waals surface area contributed by atoms with Crippen molar-refractivity contribution < 1.29 is 21.1 Å². The molecule has 0 aromatic carbocycles. The molecule has 0 heterocycles. The first-order valence-electron chi connectivity index (χ1n) is 37.5. The topological polar surface area (TPSA) is 48.1 Å². The Labute approximate surface area is 615 Å². The van der Waals surface area contributed by atoms with E-state index < -0.39 is 0 Å². The summed E-state index contributed by atoms with van der Waals surface area (Å²) in [6, 6.07) is 0. The molecule has 4 N–H and O–H groups in total. The van der Waals surface area contributed by atoms with E-state index in [4.69, 9.17) is 99.4 Å². The molecule has 0 aliphatic rings. The summed E-state index contributed by atoms with van der Waals surface area (Å²) in [6.45, 7) is 12.9. The first kappa shape index (κ1) is 97.8. The van der Waals surface area contributed by atoms with Crippen LogP contribution in [0.4, 0.5) is 0 Å². The van der Waals surface area contributed by atoms with E-state index >= 15 is 0 Å². The number of hydrogen-bond acceptors (Lipinski definition) is 8. The molecule has 0 amide bonds. The van der Waals surface area contributed by atoms with Crippen LogP contribution in [-0.4, -0.2) is 43.5 Å². The summed E-state index contributed by atoms with van der Waals surface area (Å²) in [6.07, 6.45) is 94.5. The second-order valence-corrected chi connectivity index (χ2v) is 28.9. The average Bonchev–Trinajstić information content (AvgIpc) is 3.50. The standard InChI is InChI=1S/4C19H37NS2.Mo/c4*1-2-3-4-5-6-7-8-9-10-11-12-13-14-15-16-17-18-20-19(21)22;/h4*9-10H,2-8,11-18H2,1H3,(H2,20,21,22);/q;;;;+4/p-4/b4*10-9-;. The second-order valence-electron chi connectivity index (χ2n) is 24.6. The number of nitrogens with one attached hydrogen (secondary N) is 4. The summed E-state index contributed by atoms with van der Waals surface area (Å²) in [7, 11) is 0. The zero-order valence-electron chi connectivity index (χ0n) is 58.7. The molecule has 522 valence electrons. The zero-order chi connectivity index (χ0) is 65.2. The molecule has 0 aliphatic carbocycles. The van der Waals surface area contributed by atoms with Gasteiger partial charge in [0, 0.05) is 26.2 Å². The number of hydrogen-bond donors (Lipinski definition) is 4. The largest absolute Gasteiger partial charge is 4.00 e. The van der Waals surface area contributed by atoms with Gasteiger partial charge in [0.15, 0.2) is 0 Å². The van der Waals surface area contributed by atoms with Crippen LogP contribution in [0.2, 0.25) is 0 Å². The van der Waals surface area contributed by atoms with Gasteiger partial charge in [-0.2, -0.15) is 0 Å². The van der Waals surface area contributed by atoms with Crippen molar-refractivity contribution >= 4 is 117 Å². The minimum absolute atomic E-state index is 0. The van der Waals surface area contributed by atoms with Gasteiger partial charge in [-0.25, -0.2) is 0 Å². The van der Waals surface area contributed by atoms with Crippen molar-refractivity contribution in [1.29, 1.82) is 0 Å². The third-order valence-electron chi connectivity index (χ3n) is 15.8. The van der Waals surface area contributed by atoms with Gasteiger partial charge in [0.1, 0.15) is 0 Å². The molecule has 0 aromatic heterocycles. The predicted molar refractivity (Wildman–Crippen MR) is 430 cm³/mol. The minimum Gasteiger partial charge on any atom is -0.412 e. The number of unbranched alkanes of at least 4 members (excludes halogenated alkanes) is 48. The Morgan fingerprint density at radius 2 is 0.315 bits per heavy atom. The Bertz CT molecular complexity index is 1280. The van der Waals surface area contributed by atoms with Crippen LogP contribution in [0, 0.1) is 0 Å². The van der Waals surface area contributed by atoms with Gasteiger partial charge in [0.25, 0.3) is 0 Å². The van der Waals surface area contributed by atoms with Crippen LogP contribution in [0.1, 0.15) is 387 Å². The molecule has 0 aromatic rings. The van der Waals surface area contributed by atoms with Crippen molar-refractivity contribution in [2.75, 3.05) is 26.2 Å².